The summed E-state index contributed by atoms with van der Waals surface area (Å²) in [4.78, 5) is 14.9. The van der Waals surface area contributed by atoms with Gasteiger partial charge in [0.2, 0.25) is 0 Å². The molecule has 0 spiro atoms. The van der Waals surface area contributed by atoms with Crippen LogP contribution in [-0.2, 0) is 0 Å². The molecule has 0 amide bonds. The van der Waals surface area contributed by atoms with E-state index in [0.29, 0.717) is 23.6 Å². The molecule has 0 aliphatic heterocycles. The van der Waals surface area contributed by atoms with E-state index in [0.717, 1.165) is 11.3 Å². The smallest absolute Gasteiger partial charge is 0.330 e. The summed E-state index contributed by atoms with van der Waals surface area (Å²) in [6, 6.07) is 12.2. The van der Waals surface area contributed by atoms with Crippen molar-refractivity contribution in [2.75, 3.05) is 6.61 Å². The molecule has 23 heavy (non-hydrogen) atoms. The van der Waals surface area contributed by atoms with Crippen molar-refractivity contribution in [3.63, 3.8) is 0 Å². The van der Waals surface area contributed by atoms with Gasteiger partial charge in [0, 0.05) is 6.20 Å². The van der Waals surface area contributed by atoms with Crippen molar-refractivity contribution in [2.45, 2.75) is 13.8 Å². The van der Waals surface area contributed by atoms with E-state index in [9.17, 15) is 9.18 Å². The zero-order chi connectivity index (χ0) is 16.4. The minimum absolute atomic E-state index is 0.308. The molecule has 0 bridgehead atoms. The fourth-order valence-corrected chi connectivity index (χ4v) is 2.36. The largest absolute Gasteiger partial charge is 0.494 e. The topological polar surface area (TPSA) is 47.0 Å². The van der Waals surface area contributed by atoms with Crippen LogP contribution in [0, 0.1) is 12.7 Å². The van der Waals surface area contributed by atoms with Crippen molar-refractivity contribution in [1.82, 2.24) is 9.55 Å². The molecule has 2 aromatic carbocycles. The van der Waals surface area contributed by atoms with Crippen LogP contribution in [0.3, 0.4) is 0 Å². The predicted molar refractivity (Wildman–Crippen MR) is 87.7 cm³/mol. The van der Waals surface area contributed by atoms with Gasteiger partial charge >= 0.3 is 5.69 Å². The molecule has 0 unspecified atom stereocenters. The fourth-order valence-electron chi connectivity index (χ4n) is 2.36. The summed E-state index contributed by atoms with van der Waals surface area (Å²) in [7, 11) is 0. The van der Waals surface area contributed by atoms with Gasteiger partial charge in [-0.2, -0.15) is 0 Å². The first kappa shape index (κ1) is 15.1. The standard InChI is InChI=1S/C18H17FN2O2/c1-3-23-15-8-5-13(6-9-15)17-11-21(18(22)20-17)14-7-4-12(2)16(19)10-14/h4-11H,3H2,1-2H3,(H,20,22). The second kappa shape index (κ2) is 6.12. The summed E-state index contributed by atoms with van der Waals surface area (Å²) in [6.45, 7) is 4.21. The van der Waals surface area contributed by atoms with Crippen molar-refractivity contribution in [3.05, 3.63) is 70.5 Å². The number of ether oxygens (including phenoxy) is 1. The van der Waals surface area contributed by atoms with Crippen LogP contribution in [0.4, 0.5) is 4.39 Å². The first-order chi connectivity index (χ1) is 11.1. The van der Waals surface area contributed by atoms with E-state index >= 15 is 0 Å². The maximum atomic E-state index is 13.7. The van der Waals surface area contributed by atoms with Gasteiger partial charge in [-0.25, -0.2) is 9.18 Å². The third-order valence-corrected chi connectivity index (χ3v) is 3.63. The molecule has 0 aliphatic rings. The van der Waals surface area contributed by atoms with Crippen molar-refractivity contribution in [1.29, 1.82) is 0 Å². The summed E-state index contributed by atoms with van der Waals surface area (Å²) in [5.41, 5.74) is 2.25. The molecule has 118 valence electrons. The summed E-state index contributed by atoms with van der Waals surface area (Å²) in [5, 5.41) is 0. The Balaban J connectivity index is 1.97. The lowest BCUT2D eigenvalue weighted by Crippen LogP contribution is -2.14. The van der Waals surface area contributed by atoms with Gasteiger partial charge < -0.3 is 9.72 Å². The van der Waals surface area contributed by atoms with Crippen LogP contribution >= 0.6 is 0 Å². The Morgan fingerprint density at radius 3 is 2.57 bits per heavy atom. The zero-order valence-corrected chi connectivity index (χ0v) is 13.0. The molecule has 0 aliphatic carbocycles. The molecule has 0 radical (unpaired) electrons. The average molecular weight is 312 g/mol. The number of halogens is 1. The minimum Gasteiger partial charge on any atom is -0.494 e. The third kappa shape index (κ3) is 3.04. The van der Waals surface area contributed by atoms with Crippen LogP contribution in [0.25, 0.3) is 16.9 Å². The van der Waals surface area contributed by atoms with Crippen molar-refractivity contribution in [2.24, 2.45) is 0 Å². The maximum Gasteiger partial charge on any atom is 0.330 e. The molecule has 0 saturated carbocycles. The van der Waals surface area contributed by atoms with Crippen molar-refractivity contribution < 1.29 is 9.13 Å². The second-order valence-corrected chi connectivity index (χ2v) is 5.23. The number of hydrogen-bond acceptors (Lipinski definition) is 2. The number of aromatic nitrogens is 2. The molecule has 0 atom stereocenters. The highest BCUT2D eigenvalue weighted by Crippen LogP contribution is 2.21. The lowest BCUT2D eigenvalue weighted by atomic mass is 10.1. The van der Waals surface area contributed by atoms with Gasteiger partial charge in [-0.1, -0.05) is 6.07 Å². The normalized spacial score (nSPS) is 10.7. The summed E-state index contributed by atoms with van der Waals surface area (Å²) in [6.07, 6.45) is 1.67. The number of H-pyrrole nitrogens is 1. The first-order valence-electron chi connectivity index (χ1n) is 7.40. The zero-order valence-electron chi connectivity index (χ0n) is 13.0. The molecule has 0 saturated heterocycles. The Labute approximate surface area is 133 Å². The molecule has 1 aromatic heterocycles. The summed E-state index contributed by atoms with van der Waals surface area (Å²) in [5.74, 6) is 0.442. The molecule has 0 fully saturated rings. The molecular formula is C18H17FN2O2. The van der Waals surface area contributed by atoms with E-state index in [1.165, 1.54) is 10.6 Å². The van der Waals surface area contributed by atoms with Crippen molar-refractivity contribution in [3.8, 4) is 22.7 Å². The van der Waals surface area contributed by atoms with Crippen molar-refractivity contribution >= 4 is 0 Å². The molecule has 3 aromatic rings. The van der Waals surface area contributed by atoms with Gasteiger partial charge in [0.15, 0.2) is 0 Å². The minimum atomic E-state index is -0.335. The monoisotopic (exact) mass is 312 g/mol. The Bertz CT molecular complexity index is 879. The highest BCUT2D eigenvalue weighted by molar-refractivity contribution is 5.60. The quantitative estimate of drug-likeness (QED) is 0.799. The van der Waals surface area contributed by atoms with Crippen LogP contribution in [0.2, 0.25) is 0 Å². The average Bonchev–Trinajstić information content (AvgIpc) is 2.93. The maximum absolute atomic E-state index is 13.7. The number of aryl methyl sites for hydroxylation is 1. The lowest BCUT2D eigenvalue weighted by molar-refractivity contribution is 0.340. The molecule has 1 heterocycles. The molecule has 1 N–H and O–H groups in total. The highest BCUT2D eigenvalue weighted by atomic mass is 19.1. The third-order valence-electron chi connectivity index (χ3n) is 3.63. The van der Waals surface area contributed by atoms with Gasteiger partial charge in [-0.05, 0) is 61.4 Å². The molecule has 3 rings (SSSR count). The van der Waals surface area contributed by atoms with Crippen LogP contribution in [0.1, 0.15) is 12.5 Å². The van der Waals surface area contributed by atoms with E-state index in [4.69, 9.17) is 4.74 Å². The van der Waals surface area contributed by atoms with Gasteiger partial charge in [-0.3, -0.25) is 4.57 Å². The second-order valence-electron chi connectivity index (χ2n) is 5.23. The number of hydrogen-bond donors (Lipinski definition) is 1. The van der Waals surface area contributed by atoms with Gasteiger partial charge in [0.1, 0.15) is 11.6 Å². The van der Waals surface area contributed by atoms with Gasteiger partial charge in [-0.15, -0.1) is 0 Å². The van der Waals surface area contributed by atoms with E-state index < -0.39 is 0 Å². The van der Waals surface area contributed by atoms with E-state index in [1.807, 2.05) is 31.2 Å². The first-order valence-corrected chi connectivity index (χ1v) is 7.40. The number of imidazole rings is 1. The number of nitrogens with one attached hydrogen (secondary N) is 1. The van der Waals surface area contributed by atoms with Crippen LogP contribution in [0.15, 0.2) is 53.5 Å². The number of aromatic amines is 1. The van der Waals surface area contributed by atoms with Gasteiger partial charge in [0.05, 0.1) is 18.0 Å². The Hall–Kier alpha value is -2.82. The lowest BCUT2D eigenvalue weighted by Gasteiger charge is -2.04. The number of benzene rings is 2. The van der Waals surface area contributed by atoms with E-state index in [2.05, 4.69) is 4.98 Å². The Kier molecular flexibility index (Phi) is 4.02. The molecule has 4 nitrogen and oxygen atoms in total. The predicted octanol–water partition coefficient (Wildman–Crippen LogP) is 3.68. The molecule has 5 heteroatoms. The Morgan fingerprint density at radius 2 is 1.91 bits per heavy atom. The molecular weight excluding hydrogens is 295 g/mol. The summed E-state index contributed by atoms with van der Waals surface area (Å²) >= 11 is 0. The fraction of sp³-hybridized carbons (Fsp3) is 0.167. The van der Waals surface area contributed by atoms with Crippen LogP contribution < -0.4 is 10.4 Å². The van der Waals surface area contributed by atoms with E-state index in [1.54, 1.807) is 25.3 Å². The van der Waals surface area contributed by atoms with Gasteiger partial charge in [0.25, 0.3) is 0 Å². The Morgan fingerprint density at radius 1 is 1.17 bits per heavy atom. The SMILES string of the molecule is CCOc1ccc(-c2cn(-c3ccc(C)c(F)c3)c(=O)[nH]2)cc1. The van der Waals surface area contributed by atoms with Crippen LogP contribution in [-0.4, -0.2) is 16.2 Å². The van der Waals surface area contributed by atoms with Crippen LogP contribution in [0.5, 0.6) is 5.75 Å². The van der Waals surface area contributed by atoms with E-state index in [-0.39, 0.29) is 11.5 Å². The highest BCUT2D eigenvalue weighted by Gasteiger charge is 2.09. The summed E-state index contributed by atoms with van der Waals surface area (Å²) < 4.78 is 20.5. The number of nitrogens with zero attached hydrogens (tertiary/aromatic N) is 1. The number of rotatable bonds is 4.